The minimum absolute atomic E-state index is 0.245. The van der Waals surface area contributed by atoms with Crippen molar-refractivity contribution in [2.24, 2.45) is 0 Å². The van der Waals surface area contributed by atoms with Crippen LogP contribution in [0.25, 0.3) is 23.1 Å². The molecule has 3 rings (SSSR count). The molecule has 3 aromatic rings. The first kappa shape index (κ1) is 13.2. The normalized spacial score (nSPS) is 11.3. The van der Waals surface area contributed by atoms with Crippen LogP contribution in [-0.4, -0.2) is 9.97 Å². The van der Waals surface area contributed by atoms with Gasteiger partial charge in [0.1, 0.15) is 5.82 Å². The van der Waals surface area contributed by atoms with Gasteiger partial charge in [-0.1, -0.05) is 24.3 Å². The third-order valence-corrected chi connectivity index (χ3v) is 3.01. The van der Waals surface area contributed by atoms with E-state index in [2.05, 4.69) is 9.97 Å². The summed E-state index contributed by atoms with van der Waals surface area (Å²) in [6.07, 6.45) is 3.09. The molecule has 0 aliphatic carbocycles. The molecule has 1 N–H and O–H groups in total. The van der Waals surface area contributed by atoms with E-state index in [9.17, 15) is 13.6 Å². The Morgan fingerprint density at radius 1 is 1.00 bits per heavy atom. The number of hydrogen-bond acceptors (Lipinski definition) is 2. The maximum Gasteiger partial charge on any atom is 0.259 e. The molecule has 1 aromatic heterocycles. The molecule has 0 aliphatic rings. The smallest absolute Gasteiger partial charge is 0.259 e. The number of aromatic nitrogens is 2. The number of aromatic amines is 1. The van der Waals surface area contributed by atoms with Crippen LogP contribution < -0.4 is 5.56 Å². The molecular formula is C16H10F2N2O. The molecule has 0 fully saturated rings. The van der Waals surface area contributed by atoms with Crippen LogP contribution in [0.4, 0.5) is 8.78 Å². The maximum atomic E-state index is 13.1. The van der Waals surface area contributed by atoms with E-state index in [4.69, 9.17) is 0 Å². The summed E-state index contributed by atoms with van der Waals surface area (Å²) in [6.45, 7) is 0. The Morgan fingerprint density at radius 2 is 1.81 bits per heavy atom. The summed E-state index contributed by atoms with van der Waals surface area (Å²) in [5.74, 6) is -1.47. The van der Waals surface area contributed by atoms with Crippen molar-refractivity contribution in [3.63, 3.8) is 0 Å². The molecule has 2 aromatic carbocycles. The van der Waals surface area contributed by atoms with Crippen LogP contribution >= 0.6 is 0 Å². The first-order valence-electron chi connectivity index (χ1n) is 6.26. The van der Waals surface area contributed by atoms with Gasteiger partial charge in [-0.3, -0.25) is 4.79 Å². The fourth-order valence-electron chi connectivity index (χ4n) is 1.97. The van der Waals surface area contributed by atoms with Gasteiger partial charge in [0.15, 0.2) is 11.6 Å². The van der Waals surface area contributed by atoms with Crippen molar-refractivity contribution in [2.75, 3.05) is 0 Å². The quantitative estimate of drug-likeness (QED) is 0.784. The molecule has 0 amide bonds. The van der Waals surface area contributed by atoms with Gasteiger partial charge in [-0.05, 0) is 35.9 Å². The lowest BCUT2D eigenvalue weighted by molar-refractivity contribution is 0.508. The van der Waals surface area contributed by atoms with Crippen molar-refractivity contribution in [3.8, 4) is 0 Å². The molecule has 0 saturated carbocycles. The first-order chi connectivity index (χ1) is 10.1. The van der Waals surface area contributed by atoms with Gasteiger partial charge in [0.05, 0.1) is 10.9 Å². The van der Waals surface area contributed by atoms with Gasteiger partial charge >= 0.3 is 0 Å². The minimum Gasteiger partial charge on any atom is -0.306 e. The highest BCUT2D eigenvalue weighted by Crippen LogP contribution is 2.12. The van der Waals surface area contributed by atoms with Crippen molar-refractivity contribution in [1.29, 1.82) is 0 Å². The van der Waals surface area contributed by atoms with Crippen molar-refractivity contribution in [2.45, 2.75) is 0 Å². The lowest BCUT2D eigenvalue weighted by Gasteiger charge is -1.99. The van der Waals surface area contributed by atoms with E-state index >= 15 is 0 Å². The molecule has 1 heterocycles. The zero-order chi connectivity index (χ0) is 14.8. The average Bonchev–Trinajstić information content (AvgIpc) is 2.49. The predicted octanol–water partition coefficient (Wildman–Crippen LogP) is 3.37. The number of fused-ring (bicyclic) bond motifs is 1. The highest BCUT2D eigenvalue weighted by atomic mass is 19.2. The summed E-state index contributed by atoms with van der Waals surface area (Å²) in [5.41, 5.74) is 0.807. The second kappa shape index (κ2) is 5.28. The van der Waals surface area contributed by atoms with E-state index in [1.54, 1.807) is 36.4 Å². The monoisotopic (exact) mass is 284 g/mol. The van der Waals surface area contributed by atoms with Crippen LogP contribution in [0.5, 0.6) is 0 Å². The maximum absolute atomic E-state index is 13.1. The standard InChI is InChI=1S/C16H10F2N2O/c17-12-7-5-10(9-13(12)18)6-8-15-19-14-4-2-1-3-11(14)16(21)20-15/h1-9H,(H,19,20,21). The Kier molecular flexibility index (Phi) is 3.31. The Labute approximate surface area is 118 Å². The third kappa shape index (κ3) is 2.72. The number of nitrogens with zero attached hydrogens (tertiary/aromatic N) is 1. The summed E-state index contributed by atoms with van der Waals surface area (Å²) in [5, 5.41) is 0.502. The van der Waals surface area contributed by atoms with E-state index < -0.39 is 11.6 Å². The number of para-hydroxylation sites is 1. The number of rotatable bonds is 2. The van der Waals surface area contributed by atoms with Crippen molar-refractivity contribution >= 4 is 23.1 Å². The second-order valence-electron chi connectivity index (χ2n) is 4.48. The number of hydrogen-bond donors (Lipinski definition) is 1. The summed E-state index contributed by atoms with van der Waals surface area (Å²) in [4.78, 5) is 18.8. The second-order valence-corrected chi connectivity index (χ2v) is 4.48. The van der Waals surface area contributed by atoms with E-state index in [1.165, 1.54) is 6.07 Å². The zero-order valence-electron chi connectivity index (χ0n) is 10.8. The number of benzene rings is 2. The Hall–Kier alpha value is -2.82. The van der Waals surface area contributed by atoms with Crippen molar-refractivity contribution in [1.82, 2.24) is 9.97 Å². The lowest BCUT2D eigenvalue weighted by Crippen LogP contribution is -2.09. The number of nitrogens with one attached hydrogen (secondary N) is 1. The number of H-pyrrole nitrogens is 1. The first-order valence-corrected chi connectivity index (χ1v) is 6.26. The predicted molar refractivity (Wildman–Crippen MR) is 77.6 cm³/mol. The lowest BCUT2D eigenvalue weighted by atomic mass is 10.2. The minimum atomic E-state index is -0.919. The summed E-state index contributed by atoms with van der Waals surface area (Å²) in [7, 11) is 0. The van der Waals surface area contributed by atoms with Gasteiger partial charge < -0.3 is 4.98 Å². The van der Waals surface area contributed by atoms with Crippen LogP contribution in [0.1, 0.15) is 11.4 Å². The molecule has 3 nitrogen and oxygen atoms in total. The fraction of sp³-hybridized carbons (Fsp3) is 0. The molecule has 0 bridgehead atoms. The molecule has 0 aliphatic heterocycles. The summed E-state index contributed by atoms with van der Waals surface area (Å²) < 4.78 is 25.9. The molecule has 104 valence electrons. The van der Waals surface area contributed by atoms with Gasteiger partial charge in [0.2, 0.25) is 0 Å². The SMILES string of the molecule is O=c1[nH]c(C=Cc2ccc(F)c(F)c2)nc2ccccc12. The molecule has 0 unspecified atom stereocenters. The van der Waals surface area contributed by atoms with Crippen molar-refractivity contribution in [3.05, 3.63) is 75.8 Å². The van der Waals surface area contributed by atoms with Gasteiger partial charge in [0.25, 0.3) is 5.56 Å². The van der Waals surface area contributed by atoms with Crippen LogP contribution in [-0.2, 0) is 0 Å². The molecule has 5 heteroatoms. The van der Waals surface area contributed by atoms with Crippen LogP contribution in [0.3, 0.4) is 0 Å². The van der Waals surface area contributed by atoms with Gasteiger partial charge in [-0.2, -0.15) is 0 Å². The van der Waals surface area contributed by atoms with Crippen LogP contribution in [0, 0.1) is 11.6 Å². The van der Waals surface area contributed by atoms with Crippen molar-refractivity contribution < 1.29 is 8.78 Å². The average molecular weight is 284 g/mol. The molecule has 0 radical (unpaired) electrons. The largest absolute Gasteiger partial charge is 0.306 e. The Morgan fingerprint density at radius 3 is 2.62 bits per heavy atom. The van der Waals surface area contributed by atoms with E-state index in [0.717, 1.165) is 12.1 Å². The molecule has 21 heavy (non-hydrogen) atoms. The molecular weight excluding hydrogens is 274 g/mol. The topological polar surface area (TPSA) is 45.8 Å². The van der Waals surface area contributed by atoms with E-state index in [0.29, 0.717) is 22.3 Å². The Bertz CT molecular complexity index is 900. The zero-order valence-corrected chi connectivity index (χ0v) is 10.8. The van der Waals surface area contributed by atoms with Gasteiger partial charge in [0, 0.05) is 0 Å². The van der Waals surface area contributed by atoms with Gasteiger partial charge in [-0.15, -0.1) is 0 Å². The molecule has 0 spiro atoms. The van der Waals surface area contributed by atoms with Gasteiger partial charge in [-0.25, -0.2) is 13.8 Å². The fourth-order valence-corrected chi connectivity index (χ4v) is 1.97. The Balaban J connectivity index is 1.99. The van der Waals surface area contributed by atoms with Crippen LogP contribution in [0.2, 0.25) is 0 Å². The highest BCUT2D eigenvalue weighted by molar-refractivity contribution is 5.78. The summed E-state index contributed by atoms with van der Waals surface area (Å²) >= 11 is 0. The van der Waals surface area contributed by atoms with Crippen LogP contribution in [0.15, 0.2) is 47.3 Å². The number of halogens is 2. The molecule has 0 saturated heterocycles. The highest BCUT2D eigenvalue weighted by Gasteiger charge is 2.02. The van der Waals surface area contributed by atoms with E-state index in [1.807, 2.05) is 0 Å². The third-order valence-electron chi connectivity index (χ3n) is 3.01. The molecule has 0 atom stereocenters. The van der Waals surface area contributed by atoms with E-state index in [-0.39, 0.29) is 5.56 Å². The summed E-state index contributed by atoms with van der Waals surface area (Å²) in [6, 6.07) is 10.5.